The molecule has 1 aromatic heterocycles. The second kappa shape index (κ2) is 9.54. The van der Waals surface area contributed by atoms with Crippen molar-refractivity contribution < 1.29 is 17.9 Å². The molecule has 8 nitrogen and oxygen atoms in total. The molecule has 0 radical (unpaired) electrons. The van der Waals surface area contributed by atoms with Crippen LogP contribution < -0.4 is 14.8 Å². The Morgan fingerprint density at radius 1 is 1.06 bits per heavy atom. The molecule has 31 heavy (non-hydrogen) atoms. The van der Waals surface area contributed by atoms with Gasteiger partial charge in [0.15, 0.2) is 0 Å². The van der Waals surface area contributed by atoms with E-state index in [1.807, 2.05) is 51.1 Å². The predicted octanol–water partition coefficient (Wildman–Crippen LogP) is 3.46. The summed E-state index contributed by atoms with van der Waals surface area (Å²) >= 11 is 0.783. The summed E-state index contributed by atoms with van der Waals surface area (Å²) < 4.78 is 33.2. The molecule has 1 atom stereocenters. The van der Waals surface area contributed by atoms with Crippen molar-refractivity contribution in [3.63, 3.8) is 0 Å². The molecule has 164 valence electrons. The molecule has 3 rings (SSSR count). The molecule has 0 bridgehead atoms. The molecule has 0 aliphatic carbocycles. The van der Waals surface area contributed by atoms with Gasteiger partial charge in [0.2, 0.25) is 9.47 Å². The Kier molecular flexibility index (Phi) is 7.04. The minimum atomic E-state index is -3.90. The Morgan fingerprint density at radius 3 is 2.52 bits per heavy atom. The molecule has 1 amide bonds. The summed E-state index contributed by atoms with van der Waals surface area (Å²) in [4.78, 5) is 12.4. The highest BCUT2D eigenvalue weighted by molar-refractivity contribution is 7.91. The lowest BCUT2D eigenvalue weighted by Gasteiger charge is -2.14. The van der Waals surface area contributed by atoms with Gasteiger partial charge in [0.05, 0.1) is 6.04 Å². The van der Waals surface area contributed by atoms with Gasteiger partial charge in [0, 0.05) is 5.56 Å². The number of hydrogen-bond donors (Lipinski definition) is 2. The number of aromatic nitrogens is 2. The molecule has 10 heteroatoms. The van der Waals surface area contributed by atoms with Gasteiger partial charge >= 0.3 is 0 Å². The highest BCUT2D eigenvalue weighted by atomic mass is 32.2. The maximum Gasteiger partial charge on any atom is 0.270 e. The van der Waals surface area contributed by atoms with Crippen molar-refractivity contribution in [1.82, 2.24) is 14.9 Å². The van der Waals surface area contributed by atoms with Crippen molar-refractivity contribution >= 4 is 32.4 Å². The molecule has 2 aromatic carbocycles. The van der Waals surface area contributed by atoms with E-state index in [-0.39, 0.29) is 22.0 Å². The zero-order valence-electron chi connectivity index (χ0n) is 17.7. The Hall–Kier alpha value is -2.82. The van der Waals surface area contributed by atoms with E-state index >= 15 is 0 Å². The number of nitrogens with zero attached hydrogens (tertiary/aromatic N) is 2. The van der Waals surface area contributed by atoms with Crippen LogP contribution in [0, 0.1) is 20.8 Å². The number of amides is 1. The third-order valence-electron chi connectivity index (χ3n) is 4.58. The van der Waals surface area contributed by atoms with Crippen LogP contribution >= 0.6 is 11.3 Å². The highest BCUT2D eigenvalue weighted by Crippen LogP contribution is 2.21. The standard InChI is InChI=1S/C21H24N4O4S2/c1-13-9-10-17(11-15(13)3)29-12-16(4)25-31(27,28)21-24-23-20(30-21)22-19(26)18-8-6-5-7-14(18)2/h5-11,16,25H,12H2,1-4H3,(H,22,23,26)/t16-/m1/s1. The smallest absolute Gasteiger partial charge is 0.270 e. The van der Waals surface area contributed by atoms with Crippen LogP contribution in [-0.2, 0) is 10.0 Å². The van der Waals surface area contributed by atoms with Gasteiger partial charge in [-0.2, -0.15) is 0 Å². The molecular weight excluding hydrogens is 436 g/mol. The van der Waals surface area contributed by atoms with E-state index in [0.717, 1.165) is 28.0 Å². The Balaban J connectivity index is 1.60. The summed E-state index contributed by atoms with van der Waals surface area (Å²) in [5.41, 5.74) is 3.54. The predicted molar refractivity (Wildman–Crippen MR) is 120 cm³/mol. The van der Waals surface area contributed by atoms with Crippen LogP contribution in [0.3, 0.4) is 0 Å². The van der Waals surface area contributed by atoms with Crippen LogP contribution in [0.1, 0.15) is 34.0 Å². The number of sulfonamides is 1. The quantitative estimate of drug-likeness (QED) is 0.498. The second-order valence-electron chi connectivity index (χ2n) is 7.22. The number of aryl methyl sites for hydroxylation is 3. The first-order chi connectivity index (χ1) is 14.7. The molecule has 2 N–H and O–H groups in total. The van der Waals surface area contributed by atoms with E-state index in [9.17, 15) is 13.2 Å². The summed E-state index contributed by atoms with van der Waals surface area (Å²) in [6, 6.07) is 12.3. The first kappa shape index (κ1) is 22.9. The molecule has 0 saturated heterocycles. The van der Waals surface area contributed by atoms with E-state index in [1.165, 1.54) is 0 Å². The molecule has 0 saturated carbocycles. The van der Waals surface area contributed by atoms with Crippen molar-refractivity contribution in [3.8, 4) is 5.75 Å². The molecule has 0 aliphatic heterocycles. The zero-order chi connectivity index (χ0) is 22.6. The Morgan fingerprint density at radius 2 is 1.81 bits per heavy atom. The number of ether oxygens (including phenoxy) is 1. The Bertz CT molecular complexity index is 1190. The van der Waals surface area contributed by atoms with Crippen LogP contribution in [0.4, 0.5) is 5.13 Å². The summed E-state index contributed by atoms with van der Waals surface area (Å²) in [7, 11) is -3.90. The second-order valence-corrected chi connectivity index (χ2v) is 10.1. The highest BCUT2D eigenvalue weighted by Gasteiger charge is 2.23. The molecule has 0 unspecified atom stereocenters. The summed E-state index contributed by atoms with van der Waals surface area (Å²) in [6.45, 7) is 7.66. The molecule has 0 aliphatic rings. The SMILES string of the molecule is Cc1ccc(OC[C@@H](C)NS(=O)(=O)c2nnc(NC(=O)c3ccccc3C)s2)cc1C. The van der Waals surface area contributed by atoms with Crippen LogP contribution in [0.5, 0.6) is 5.75 Å². The molecule has 3 aromatic rings. The average Bonchev–Trinajstić information content (AvgIpc) is 3.18. The lowest BCUT2D eigenvalue weighted by atomic mass is 10.1. The van der Waals surface area contributed by atoms with Crippen molar-refractivity contribution in [2.24, 2.45) is 0 Å². The van der Waals surface area contributed by atoms with Crippen molar-refractivity contribution in [3.05, 3.63) is 64.7 Å². The van der Waals surface area contributed by atoms with Gasteiger partial charge in [-0.05, 0) is 62.6 Å². The number of carbonyl (C=O) groups is 1. The van der Waals surface area contributed by atoms with Gasteiger partial charge in [-0.1, -0.05) is 35.6 Å². The zero-order valence-corrected chi connectivity index (χ0v) is 19.3. The number of carbonyl (C=O) groups excluding carboxylic acids is 1. The summed E-state index contributed by atoms with van der Waals surface area (Å²) in [5, 5.41) is 10.2. The molecular formula is C21H24N4O4S2. The van der Waals surface area contributed by atoms with Gasteiger partial charge in [0.1, 0.15) is 12.4 Å². The topological polar surface area (TPSA) is 110 Å². The van der Waals surface area contributed by atoms with Gasteiger partial charge in [-0.15, -0.1) is 10.2 Å². The van der Waals surface area contributed by atoms with Crippen molar-refractivity contribution in [1.29, 1.82) is 0 Å². The number of anilines is 1. The van der Waals surface area contributed by atoms with Crippen LogP contribution in [0.25, 0.3) is 0 Å². The third-order valence-corrected chi connectivity index (χ3v) is 7.38. The van der Waals surface area contributed by atoms with Crippen LogP contribution in [0.15, 0.2) is 46.8 Å². The normalized spacial score (nSPS) is 12.4. The summed E-state index contributed by atoms with van der Waals surface area (Å²) in [5.74, 6) is 0.299. The van der Waals surface area contributed by atoms with Gasteiger partial charge in [-0.3, -0.25) is 10.1 Å². The lowest BCUT2D eigenvalue weighted by Crippen LogP contribution is -2.36. The molecule has 0 spiro atoms. The Labute approximate surface area is 185 Å². The van der Waals surface area contributed by atoms with Gasteiger partial charge < -0.3 is 4.74 Å². The first-order valence-electron chi connectivity index (χ1n) is 9.58. The molecule has 1 heterocycles. The number of hydrogen-bond acceptors (Lipinski definition) is 7. The van der Waals surface area contributed by atoms with E-state index < -0.39 is 16.1 Å². The third kappa shape index (κ3) is 5.87. The number of nitrogens with one attached hydrogen (secondary N) is 2. The molecule has 0 fully saturated rings. The number of benzene rings is 2. The van der Waals surface area contributed by atoms with Crippen LogP contribution in [0.2, 0.25) is 0 Å². The van der Waals surface area contributed by atoms with Gasteiger partial charge in [-0.25, -0.2) is 13.1 Å². The fourth-order valence-corrected chi connectivity index (χ4v) is 4.87. The maximum absolute atomic E-state index is 12.6. The van der Waals surface area contributed by atoms with E-state index in [2.05, 4.69) is 20.2 Å². The summed E-state index contributed by atoms with van der Waals surface area (Å²) in [6.07, 6.45) is 0. The van der Waals surface area contributed by atoms with E-state index in [4.69, 9.17) is 4.74 Å². The van der Waals surface area contributed by atoms with Crippen LogP contribution in [-0.4, -0.2) is 37.2 Å². The monoisotopic (exact) mass is 460 g/mol. The largest absolute Gasteiger partial charge is 0.492 e. The van der Waals surface area contributed by atoms with E-state index in [0.29, 0.717) is 11.3 Å². The number of rotatable bonds is 8. The van der Waals surface area contributed by atoms with E-state index in [1.54, 1.807) is 19.1 Å². The lowest BCUT2D eigenvalue weighted by molar-refractivity contribution is 0.102. The maximum atomic E-state index is 12.6. The van der Waals surface area contributed by atoms with Crippen molar-refractivity contribution in [2.75, 3.05) is 11.9 Å². The fraction of sp³-hybridized carbons (Fsp3) is 0.286. The first-order valence-corrected chi connectivity index (χ1v) is 11.9. The average molecular weight is 461 g/mol. The van der Waals surface area contributed by atoms with Crippen molar-refractivity contribution in [2.45, 2.75) is 38.1 Å². The fourth-order valence-electron chi connectivity index (χ4n) is 2.74. The van der Waals surface area contributed by atoms with Gasteiger partial charge in [0.25, 0.3) is 15.9 Å². The minimum absolute atomic E-state index is 0.104. The minimum Gasteiger partial charge on any atom is -0.492 e.